The van der Waals surface area contributed by atoms with E-state index in [1.54, 1.807) is 0 Å². The first-order valence-electron chi connectivity index (χ1n) is 8.19. The maximum atomic E-state index is 11.0. The number of esters is 1. The summed E-state index contributed by atoms with van der Waals surface area (Å²) in [5.41, 5.74) is 2.36. The number of hydrogen-bond acceptors (Lipinski definition) is 4. The number of carbonyl (C=O) groups excluding carboxylic acids is 1. The summed E-state index contributed by atoms with van der Waals surface area (Å²) in [4.78, 5) is 13.2. The summed E-state index contributed by atoms with van der Waals surface area (Å²) in [6.45, 7) is 4.75. The lowest BCUT2D eigenvalue weighted by molar-refractivity contribution is -0.145. The van der Waals surface area contributed by atoms with Crippen molar-refractivity contribution >= 4 is 5.97 Å². The van der Waals surface area contributed by atoms with E-state index in [0.29, 0.717) is 13.1 Å². The van der Waals surface area contributed by atoms with Crippen LogP contribution in [0.2, 0.25) is 0 Å². The average molecular weight is 327 g/mol. The number of nitrogens with zero attached hydrogens (tertiary/aromatic N) is 1. The molecule has 0 amide bonds. The van der Waals surface area contributed by atoms with E-state index < -0.39 is 6.10 Å². The van der Waals surface area contributed by atoms with E-state index in [0.717, 1.165) is 0 Å². The molecular formula is C20H25NO3. The van der Waals surface area contributed by atoms with E-state index in [1.165, 1.54) is 18.1 Å². The van der Waals surface area contributed by atoms with Crippen LogP contribution in [0.15, 0.2) is 60.7 Å². The molecule has 2 aromatic rings. The molecule has 0 aliphatic rings. The standard InChI is InChI=1S/C20H25NO3/c1-16(20(23)15-24-17(2)22)21(13-18-9-5-3-6-10-18)14-19-11-7-4-8-12-19/h3-12,16,20,23H,13-15H2,1-2H3/t16-,20-/m0/s1. The molecule has 24 heavy (non-hydrogen) atoms. The molecule has 128 valence electrons. The molecule has 0 bridgehead atoms. The van der Waals surface area contributed by atoms with Crippen molar-refractivity contribution in [1.82, 2.24) is 4.90 Å². The Morgan fingerprint density at radius 1 is 1.00 bits per heavy atom. The van der Waals surface area contributed by atoms with Gasteiger partial charge in [0.25, 0.3) is 0 Å². The van der Waals surface area contributed by atoms with Crippen LogP contribution >= 0.6 is 0 Å². The Kier molecular flexibility index (Phi) is 6.97. The Morgan fingerprint density at radius 3 is 1.88 bits per heavy atom. The van der Waals surface area contributed by atoms with Gasteiger partial charge < -0.3 is 9.84 Å². The van der Waals surface area contributed by atoms with Crippen LogP contribution in [0.1, 0.15) is 25.0 Å². The summed E-state index contributed by atoms with van der Waals surface area (Å²) < 4.78 is 4.96. The van der Waals surface area contributed by atoms with Gasteiger partial charge in [-0.15, -0.1) is 0 Å². The molecule has 2 rings (SSSR count). The summed E-state index contributed by atoms with van der Waals surface area (Å²) in [5, 5.41) is 10.4. The number of rotatable bonds is 8. The van der Waals surface area contributed by atoms with Crippen LogP contribution in [-0.2, 0) is 22.6 Å². The Hall–Kier alpha value is -2.17. The fourth-order valence-electron chi connectivity index (χ4n) is 2.57. The van der Waals surface area contributed by atoms with E-state index >= 15 is 0 Å². The fourth-order valence-corrected chi connectivity index (χ4v) is 2.57. The predicted molar refractivity (Wildman–Crippen MR) is 94.2 cm³/mol. The highest BCUT2D eigenvalue weighted by molar-refractivity contribution is 5.65. The molecule has 0 unspecified atom stereocenters. The number of benzene rings is 2. The maximum absolute atomic E-state index is 11.0. The van der Waals surface area contributed by atoms with Crippen molar-refractivity contribution in [3.05, 3.63) is 71.8 Å². The molecule has 1 N–H and O–H groups in total. The molecule has 0 saturated carbocycles. The van der Waals surface area contributed by atoms with Crippen molar-refractivity contribution in [3.63, 3.8) is 0 Å². The molecule has 0 spiro atoms. The van der Waals surface area contributed by atoms with Crippen LogP contribution < -0.4 is 0 Å². The van der Waals surface area contributed by atoms with Crippen molar-refractivity contribution < 1.29 is 14.6 Å². The predicted octanol–water partition coefficient (Wildman–Crippen LogP) is 3.00. The molecule has 0 radical (unpaired) electrons. The smallest absolute Gasteiger partial charge is 0.302 e. The Bertz CT molecular complexity index is 574. The van der Waals surface area contributed by atoms with E-state index in [9.17, 15) is 9.90 Å². The topological polar surface area (TPSA) is 49.8 Å². The van der Waals surface area contributed by atoms with Crippen molar-refractivity contribution in [3.8, 4) is 0 Å². The van der Waals surface area contributed by atoms with Crippen molar-refractivity contribution in [2.75, 3.05) is 6.61 Å². The zero-order valence-electron chi connectivity index (χ0n) is 14.3. The van der Waals surface area contributed by atoms with Gasteiger partial charge in [0, 0.05) is 26.1 Å². The second kappa shape index (κ2) is 9.21. The van der Waals surface area contributed by atoms with Crippen molar-refractivity contribution in [2.45, 2.75) is 39.1 Å². The third kappa shape index (κ3) is 5.80. The first-order valence-corrected chi connectivity index (χ1v) is 8.19. The van der Waals surface area contributed by atoms with Gasteiger partial charge in [0.05, 0.1) is 0 Å². The van der Waals surface area contributed by atoms with Gasteiger partial charge in [-0.2, -0.15) is 0 Å². The molecule has 2 atom stereocenters. The van der Waals surface area contributed by atoms with Crippen LogP contribution in [0.5, 0.6) is 0 Å². The van der Waals surface area contributed by atoms with Crippen molar-refractivity contribution in [2.24, 2.45) is 0 Å². The molecule has 4 nitrogen and oxygen atoms in total. The minimum absolute atomic E-state index is 0.0105. The number of carbonyl (C=O) groups is 1. The van der Waals surface area contributed by atoms with Crippen LogP contribution in [-0.4, -0.2) is 34.7 Å². The number of aliphatic hydroxyl groups is 1. The molecule has 0 fully saturated rings. The largest absolute Gasteiger partial charge is 0.463 e. The second-order valence-corrected chi connectivity index (χ2v) is 5.99. The van der Waals surface area contributed by atoms with E-state index in [2.05, 4.69) is 29.2 Å². The summed E-state index contributed by atoms with van der Waals surface area (Å²) >= 11 is 0. The minimum Gasteiger partial charge on any atom is -0.463 e. The summed E-state index contributed by atoms with van der Waals surface area (Å²) in [6.07, 6.45) is -0.735. The summed E-state index contributed by atoms with van der Waals surface area (Å²) in [7, 11) is 0. The van der Waals surface area contributed by atoms with Gasteiger partial charge in [0.2, 0.25) is 0 Å². The molecule has 0 aromatic heterocycles. The summed E-state index contributed by atoms with van der Waals surface area (Å²) in [6, 6.07) is 20.2. The van der Waals surface area contributed by atoms with Gasteiger partial charge in [-0.05, 0) is 18.1 Å². The lowest BCUT2D eigenvalue weighted by atomic mass is 10.1. The van der Waals surface area contributed by atoms with Crippen molar-refractivity contribution in [1.29, 1.82) is 0 Å². The van der Waals surface area contributed by atoms with Crippen LogP contribution in [0.25, 0.3) is 0 Å². The van der Waals surface area contributed by atoms with Gasteiger partial charge in [-0.3, -0.25) is 9.69 Å². The monoisotopic (exact) mass is 327 g/mol. The molecule has 4 heteroatoms. The zero-order chi connectivity index (χ0) is 17.4. The lowest BCUT2D eigenvalue weighted by Crippen LogP contribution is -2.43. The zero-order valence-corrected chi connectivity index (χ0v) is 14.3. The number of ether oxygens (including phenoxy) is 1. The average Bonchev–Trinajstić information content (AvgIpc) is 2.60. The molecule has 0 aliphatic heterocycles. The quantitative estimate of drug-likeness (QED) is 0.757. The second-order valence-electron chi connectivity index (χ2n) is 5.99. The Balaban J connectivity index is 2.10. The third-order valence-corrected chi connectivity index (χ3v) is 4.05. The summed E-state index contributed by atoms with van der Waals surface area (Å²) in [5.74, 6) is -0.376. The van der Waals surface area contributed by atoms with Gasteiger partial charge in [-0.25, -0.2) is 0 Å². The SMILES string of the molecule is CC(=O)OC[C@H](O)[C@H](C)N(Cc1ccccc1)Cc1ccccc1. The molecule has 0 heterocycles. The molecule has 2 aromatic carbocycles. The van der Waals surface area contributed by atoms with Gasteiger partial charge in [-0.1, -0.05) is 60.7 Å². The molecule has 0 saturated heterocycles. The van der Waals surface area contributed by atoms with Crippen LogP contribution in [0.4, 0.5) is 0 Å². The lowest BCUT2D eigenvalue weighted by Gasteiger charge is -2.32. The van der Waals surface area contributed by atoms with Crippen LogP contribution in [0, 0.1) is 0 Å². The van der Waals surface area contributed by atoms with E-state index in [1.807, 2.05) is 43.3 Å². The van der Waals surface area contributed by atoms with Gasteiger partial charge >= 0.3 is 5.97 Å². The van der Waals surface area contributed by atoms with Gasteiger partial charge in [0.1, 0.15) is 12.7 Å². The first kappa shape index (κ1) is 18.2. The maximum Gasteiger partial charge on any atom is 0.302 e. The number of aliphatic hydroxyl groups excluding tert-OH is 1. The van der Waals surface area contributed by atoms with E-state index in [-0.39, 0.29) is 18.6 Å². The fraction of sp³-hybridized carbons (Fsp3) is 0.350. The Morgan fingerprint density at radius 2 is 1.46 bits per heavy atom. The molecule has 0 aliphatic carbocycles. The highest BCUT2D eigenvalue weighted by Crippen LogP contribution is 2.16. The van der Waals surface area contributed by atoms with Crippen LogP contribution in [0.3, 0.4) is 0 Å². The normalized spacial score (nSPS) is 13.5. The highest BCUT2D eigenvalue weighted by Gasteiger charge is 2.23. The van der Waals surface area contributed by atoms with E-state index in [4.69, 9.17) is 4.74 Å². The third-order valence-electron chi connectivity index (χ3n) is 4.05. The number of hydrogen-bond donors (Lipinski definition) is 1. The molecular weight excluding hydrogens is 302 g/mol. The highest BCUT2D eigenvalue weighted by atomic mass is 16.5. The first-order chi connectivity index (χ1) is 11.6. The minimum atomic E-state index is -0.735. The Labute approximate surface area is 143 Å². The van der Waals surface area contributed by atoms with Gasteiger partial charge in [0.15, 0.2) is 0 Å².